The third-order valence-corrected chi connectivity index (χ3v) is 7.41. The molecule has 0 saturated carbocycles. The van der Waals surface area contributed by atoms with E-state index in [1.807, 2.05) is 6.26 Å². The monoisotopic (exact) mass is 459 g/mol. The molecule has 1 aromatic carbocycles. The first-order valence-electron chi connectivity index (χ1n) is 8.40. The van der Waals surface area contributed by atoms with Gasteiger partial charge in [0.25, 0.3) is 0 Å². The van der Waals surface area contributed by atoms with Crippen LogP contribution in [0.5, 0.6) is 0 Å². The molecule has 1 aliphatic carbocycles. The normalized spacial score (nSPS) is 22.3. The van der Waals surface area contributed by atoms with E-state index in [0.29, 0.717) is 12.0 Å². The van der Waals surface area contributed by atoms with Gasteiger partial charge in [-0.1, -0.05) is 23.2 Å². The van der Waals surface area contributed by atoms with Crippen molar-refractivity contribution in [3.05, 3.63) is 69.8 Å². The molecule has 1 amide bonds. The number of halogens is 3. The summed E-state index contributed by atoms with van der Waals surface area (Å²) in [6, 6.07) is 3.16. The number of rotatable bonds is 5. The second-order valence-corrected chi connectivity index (χ2v) is 10.4. The van der Waals surface area contributed by atoms with Crippen LogP contribution < -0.4 is 5.32 Å². The zero-order chi connectivity index (χ0) is 21.3. The van der Waals surface area contributed by atoms with Gasteiger partial charge < -0.3 is 15.1 Å². The van der Waals surface area contributed by atoms with Gasteiger partial charge in [-0.25, -0.2) is 8.78 Å². The Balaban J connectivity index is 1.85. The predicted molar refractivity (Wildman–Crippen MR) is 112 cm³/mol. The number of nitrogens with one attached hydrogen (secondary N) is 1. The minimum atomic E-state index is -4.87. The molecule has 0 bridgehead atoms. The maximum absolute atomic E-state index is 13.2. The van der Waals surface area contributed by atoms with Crippen LogP contribution in [-0.4, -0.2) is 38.0 Å². The Kier molecular flexibility index (Phi) is 6.44. The molecule has 1 heterocycles. The summed E-state index contributed by atoms with van der Waals surface area (Å²) in [4.78, 5) is 33.2. The number of hydrogen-bond donors (Lipinski definition) is 3. The molecule has 154 valence electrons. The SMILES string of the molecule is CS1=C=C(C(C(=O)N/C=C/c2ccc(F)c(F)c2)P(=O)(O)O)C2=C1C=CC(Cl)C2. The van der Waals surface area contributed by atoms with E-state index in [-0.39, 0.29) is 16.5 Å². The first kappa shape index (κ1) is 21.9. The molecular weight excluding hydrogens is 443 g/mol. The lowest BCUT2D eigenvalue weighted by molar-refractivity contribution is -0.119. The van der Waals surface area contributed by atoms with Crippen molar-refractivity contribution < 1.29 is 27.9 Å². The Morgan fingerprint density at radius 3 is 2.79 bits per heavy atom. The predicted octanol–water partition coefficient (Wildman–Crippen LogP) is 3.66. The van der Waals surface area contributed by atoms with Crippen molar-refractivity contribution in [2.45, 2.75) is 17.5 Å². The van der Waals surface area contributed by atoms with Crippen LogP contribution in [0.15, 0.2) is 52.6 Å². The van der Waals surface area contributed by atoms with Crippen molar-refractivity contribution >= 4 is 46.7 Å². The number of benzene rings is 1. The lowest BCUT2D eigenvalue weighted by Gasteiger charge is -2.22. The van der Waals surface area contributed by atoms with Gasteiger partial charge in [0, 0.05) is 16.7 Å². The van der Waals surface area contributed by atoms with E-state index in [0.717, 1.165) is 23.2 Å². The summed E-state index contributed by atoms with van der Waals surface area (Å²) < 4.78 is 38.3. The van der Waals surface area contributed by atoms with Crippen LogP contribution in [0.3, 0.4) is 0 Å². The maximum atomic E-state index is 13.2. The average molecular weight is 460 g/mol. The number of hydrogen-bond acceptors (Lipinski definition) is 2. The van der Waals surface area contributed by atoms with Crippen LogP contribution in [0.2, 0.25) is 0 Å². The van der Waals surface area contributed by atoms with Gasteiger partial charge in [-0.3, -0.25) is 9.36 Å². The summed E-state index contributed by atoms with van der Waals surface area (Å²) in [5.74, 6) is -2.98. The first-order valence-corrected chi connectivity index (χ1v) is 12.2. The molecule has 0 fully saturated rings. The van der Waals surface area contributed by atoms with Gasteiger partial charge in [-0.15, -0.1) is 22.1 Å². The molecule has 0 saturated heterocycles. The molecule has 0 spiro atoms. The fourth-order valence-electron chi connectivity index (χ4n) is 3.05. The zero-order valence-corrected chi connectivity index (χ0v) is 17.6. The van der Waals surface area contributed by atoms with Gasteiger partial charge in [0.05, 0.1) is 5.38 Å². The van der Waals surface area contributed by atoms with Crippen molar-refractivity contribution in [2.75, 3.05) is 6.26 Å². The molecule has 3 atom stereocenters. The summed E-state index contributed by atoms with van der Waals surface area (Å²) in [6.45, 7) is 0. The number of carbonyl (C=O) groups is 1. The molecule has 2 aliphatic rings. The molecule has 0 radical (unpaired) electrons. The molecule has 0 aromatic heterocycles. The van der Waals surface area contributed by atoms with Crippen LogP contribution in [-0.2, 0) is 9.36 Å². The van der Waals surface area contributed by atoms with Gasteiger partial charge in [0.15, 0.2) is 17.3 Å². The third-order valence-electron chi connectivity index (χ3n) is 4.37. The molecular formula is C19H17ClF2NO4PS. The van der Waals surface area contributed by atoms with E-state index in [1.54, 1.807) is 12.2 Å². The van der Waals surface area contributed by atoms with Crippen LogP contribution >= 0.6 is 29.7 Å². The smallest absolute Gasteiger partial charge is 0.332 e. The number of amides is 1. The fraction of sp³-hybridized carbons (Fsp3) is 0.211. The number of allylic oxidation sites excluding steroid dienone is 3. The highest BCUT2D eigenvalue weighted by atomic mass is 35.5. The van der Waals surface area contributed by atoms with Gasteiger partial charge in [0.1, 0.15) is 0 Å². The van der Waals surface area contributed by atoms with Crippen molar-refractivity contribution in [2.24, 2.45) is 0 Å². The highest BCUT2D eigenvalue weighted by Crippen LogP contribution is 2.51. The van der Waals surface area contributed by atoms with Crippen molar-refractivity contribution in [3.8, 4) is 0 Å². The van der Waals surface area contributed by atoms with Crippen molar-refractivity contribution in [1.82, 2.24) is 5.32 Å². The van der Waals surface area contributed by atoms with E-state index in [2.05, 4.69) is 10.3 Å². The third kappa shape index (κ3) is 4.86. The van der Waals surface area contributed by atoms with E-state index in [4.69, 9.17) is 11.6 Å². The van der Waals surface area contributed by atoms with Crippen molar-refractivity contribution in [1.29, 1.82) is 0 Å². The summed E-state index contributed by atoms with van der Waals surface area (Å²) >= 11 is 6.15. The van der Waals surface area contributed by atoms with E-state index in [9.17, 15) is 27.9 Å². The molecule has 29 heavy (non-hydrogen) atoms. The highest BCUT2D eigenvalue weighted by Gasteiger charge is 2.42. The Labute approximate surface area is 173 Å². The second kappa shape index (κ2) is 8.52. The van der Waals surface area contributed by atoms with E-state index < -0.39 is 41.3 Å². The van der Waals surface area contributed by atoms with Crippen LogP contribution in [0.1, 0.15) is 12.0 Å². The second-order valence-electron chi connectivity index (χ2n) is 6.46. The highest BCUT2D eigenvalue weighted by molar-refractivity contribution is 8.17. The molecule has 1 aromatic rings. The lowest BCUT2D eigenvalue weighted by Crippen LogP contribution is -2.33. The molecule has 3 N–H and O–H groups in total. The van der Waals surface area contributed by atoms with Gasteiger partial charge in [-0.2, -0.15) is 0 Å². The molecule has 10 heteroatoms. The Morgan fingerprint density at radius 2 is 2.14 bits per heavy atom. The topological polar surface area (TPSA) is 86.6 Å². The average Bonchev–Trinajstić information content (AvgIpc) is 2.92. The summed E-state index contributed by atoms with van der Waals surface area (Å²) in [7, 11) is -5.39. The summed E-state index contributed by atoms with van der Waals surface area (Å²) in [6.07, 6.45) is 8.21. The van der Waals surface area contributed by atoms with Crippen LogP contribution in [0.4, 0.5) is 8.78 Å². The van der Waals surface area contributed by atoms with Gasteiger partial charge in [0.2, 0.25) is 5.91 Å². The molecule has 3 unspecified atom stereocenters. The first-order chi connectivity index (χ1) is 13.6. The Hall–Kier alpha value is -1.79. The lowest BCUT2D eigenvalue weighted by atomic mass is 9.95. The Morgan fingerprint density at radius 1 is 1.41 bits per heavy atom. The van der Waals surface area contributed by atoms with Gasteiger partial charge in [-0.05, 0) is 42.0 Å². The number of carbonyl (C=O) groups excluding carboxylic acids is 1. The van der Waals surface area contributed by atoms with Crippen LogP contribution in [0.25, 0.3) is 6.08 Å². The largest absolute Gasteiger partial charge is 0.343 e. The molecule has 3 rings (SSSR count). The summed E-state index contributed by atoms with van der Waals surface area (Å²) in [5, 5.41) is 4.99. The fourth-order valence-corrected chi connectivity index (χ4v) is 5.83. The zero-order valence-electron chi connectivity index (χ0n) is 15.1. The molecule has 5 nitrogen and oxygen atoms in total. The van der Waals surface area contributed by atoms with E-state index >= 15 is 0 Å². The maximum Gasteiger partial charge on any atom is 0.343 e. The van der Waals surface area contributed by atoms with Crippen LogP contribution in [0, 0.1) is 11.6 Å². The Bertz CT molecular complexity index is 1090. The standard InChI is InChI=1S/C19H17ClF2NO4PS/c1-29-10-14(13-9-12(20)3-5-17(13)29)18(28(25,26)27)19(24)23-7-6-11-2-4-15(21)16(22)8-11/h2-8,12,18H,9H2,1H3,(H,23,24)(H2,25,26,27)/b7-6+. The minimum Gasteiger partial charge on any atom is -0.332 e. The number of alkyl halides is 1. The van der Waals surface area contributed by atoms with E-state index in [1.165, 1.54) is 12.1 Å². The summed E-state index contributed by atoms with van der Waals surface area (Å²) in [5.41, 5.74) is -0.680. The minimum absolute atomic E-state index is 0.160. The molecule has 1 aliphatic heterocycles. The van der Waals surface area contributed by atoms with Crippen molar-refractivity contribution in [3.63, 3.8) is 0 Å². The van der Waals surface area contributed by atoms with Gasteiger partial charge >= 0.3 is 7.60 Å². The quantitative estimate of drug-likeness (QED) is 0.356.